The fourth-order valence-corrected chi connectivity index (χ4v) is 1.63. The monoisotopic (exact) mass is 179 g/mol. The molecule has 68 valence electrons. The first kappa shape index (κ1) is 11.2. The van der Waals surface area contributed by atoms with E-state index in [0.29, 0.717) is 0 Å². The summed E-state index contributed by atoms with van der Waals surface area (Å²) in [6.07, 6.45) is 4.27. The highest BCUT2D eigenvalue weighted by Crippen LogP contribution is 2.14. The van der Waals surface area contributed by atoms with E-state index in [0.717, 1.165) is 6.54 Å². The maximum absolute atomic E-state index is 5.48. The minimum atomic E-state index is 0.844. The molecule has 1 saturated heterocycles. The summed E-state index contributed by atoms with van der Waals surface area (Å²) in [6, 6.07) is 0. The van der Waals surface area contributed by atoms with Gasteiger partial charge >= 0.3 is 0 Å². The average molecular weight is 180 g/mol. The van der Waals surface area contributed by atoms with Gasteiger partial charge in [-0.25, -0.2) is 0 Å². The topological polar surface area (TPSA) is 26.0 Å². The Hall–Kier alpha value is 0.210. The molecule has 0 aromatic heterocycles. The zero-order valence-corrected chi connectivity index (χ0v) is 8.40. The molecule has 0 aromatic rings. The van der Waals surface area contributed by atoms with Gasteiger partial charge in [0, 0.05) is 25.8 Å². The van der Waals surface area contributed by atoms with Crippen molar-refractivity contribution < 1.29 is 4.48 Å². The van der Waals surface area contributed by atoms with Crippen molar-refractivity contribution in [1.82, 2.24) is 0 Å². The standard InChI is InChI=1S/C7H17N2.CH3Cl/c1-9(7-4-8)5-2-3-6-9;1-2/h2-8H2,1H3;1H3/q+1;. The molecule has 0 aliphatic carbocycles. The number of likely N-dealkylation sites (N-methyl/N-ethyl adjacent to an activating group) is 1. The highest BCUT2D eigenvalue weighted by Gasteiger charge is 2.24. The van der Waals surface area contributed by atoms with Crippen LogP contribution in [0.25, 0.3) is 0 Å². The predicted octanol–water partition coefficient (Wildman–Crippen LogP) is 1.04. The molecule has 0 atom stereocenters. The Labute approximate surface area is 74.9 Å². The molecule has 0 bridgehead atoms. The summed E-state index contributed by atoms with van der Waals surface area (Å²) in [7, 11) is 2.31. The van der Waals surface area contributed by atoms with Gasteiger partial charge in [-0.3, -0.25) is 0 Å². The second-order valence-corrected chi connectivity index (χ2v) is 3.29. The first-order chi connectivity index (χ1) is 5.27. The number of hydrogen-bond acceptors (Lipinski definition) is 1. The van der Waals surface area contributed by atoms with Crippen molar-refractivity contribution in [3.05, 3.63) is 0 Å². The van der Waals surface area contributed by atoms with Gasteiger partial charge in [0.1, 0.15) is 0 Å². The van der Waals surface area contributed by atoms with Gasteiger partial charge in [0.05, 0.1) is 26.7 Å². The van der Waals surface area contributed by atoms with E-state index in [1.165, 1.54) is 43.3 Å². The van der Waals surface area contributed by atoms with Crippen LogP contribution in [0.5, 0.6) is 0 Å². The summed E-state index contributed by atoms with van der Waals surface area (Å²) in [5, 5.41) is 0. The number of nitrogens with zero attached hydrogens (tertiary/aromatic N) is 1. The van der Waals surface area contributed by atoms with Crippen LogP contribution in [0, 0.1) is 0 Å². The van der Waals surface area contributed by atoms with Crippen molar-refractivity contribution >= 4 is 11.6 Å². The zero-order chi connectivity index (χ0) is 8.74. The quantitative estimate of drug-likeness (QED) is 0.498. The molecule has 1 fully saturated rings. The molecule has 0 amide bonds. The highest BCUT2D eigenvalue weighted by molar-refractivity contribution is 6.15. The number of halogens is 1. The Morgan fingerprint density at radius 3 is 2.09 bits per heavy atom. The molecule has 0 spiro atoms. The van der Waals surface area contributed by atoms with E-state index in [-0.39, 0.29) is 0 Å². The summed E-state index contributed by atoms with van der Waals surface area (Å²) in [4.78, 5) is 0. The summed E-state index contributed by atoms with van der Waals surface area (Å²) in [6.45, 7) is 4.70. The zero-order valence-electron chi connectivity index (χ0n) is 7.65. The Morgan fingerprint density at radius 1 is 1.27 bits per heavy atom. The van der Waals surface area contributed by atoms with Gasteiger partial charge in [-0.2, -0.15) is 0 Å². The van der Waals surface area contributed by atoms with Crippen LogP contribution in [0.4, 0.5) is 0 Å². The number of nitrogens with two attached hydrogens (primary N) is 1. The smallest absolute Gasteiger partial charge is 0.0909 e. The van der Waals surface area contributed by atoms with Crippen molar-refractivity contribution in [3.63, 3.8) is 0 Å². The van der Waals surface area contributed by atoms with E-state index in [4.69, 9.17) is 5.73 Å². The van der Waals surface area contributed by atoms with E-state index in [1.54, 1.807) is 0 Å². The lowest BCUT2D eigenvalue weighted by atomic mass is 10.4. The molecule has 1 aliphatic rings. The number of alkyl halides is 1. The van der Waals surface area contributed by atoms with Gasteiger partial charge in [0.2, 0.25) is 0 Å². The van der Waals surface area contributed by atoms with Crippen LogP contribution in [-0.2, 0) is 0 Å². The van der Waals surface area contributed by atoms with Crippen LogP contribution < -0.4 is 5.73 Å². The molecule has 2 N–H and O–H groups in total. The largest absolute Gasteiger partial charge is 0.326 e. The van der Waals surface area contributed by atoms with Crippen molar-refractivity contribution in [2.24, 2.45) is 5.73 Å². The molecule has 0 saturated carbocycles. The summed E-state index contributed by atoms with van der Waals surface area (Å²) in [5.74, 6) is 0. The summed E-state index contributed by atoms with van der Waals surface area (Å²) >= 11 is 4.64. The van der Waals surface area contributed by atoms with Crippen LogP contribution in [-0.4, -0.2) is 44.1 Å². The highest BCUT2D eigenvalue weighted by atomic mass is 35.5. The second kappa shape index (κ2) is 5.81. The maximum Gasteiger partial charge on any atom is 0.0909 e. The Balaban J connectivity index is 0.000000461. The van der Waals surface area contributed by atoms with E-state index in [9.17, 15) is 0 Å². The van der Waals surface area contributed by atoms with Gasteiger partial charge in [-0.1, -0.05) is 0 Å². The lowest BCUT2D eigenvalue weighted by Crippen LogP contribution is -2.44. The lowest BCUT2D eigenvalue weighted by Gasteiger charge is -2.28. The Bertz CT molecular complexity index is 90.1. The Morgan fingerprint density at radius 2 is 1.73 bits per heavy atom. The van der Waals surface area contributed by atoms with Crippen LogP contribution in [0.2, 0.25) is 0 Å². The van der Waals surface area contributed by atoms with Crippen LogP contribution in [0.1, 0.15) is 12.8 Å². The van der Waals surface area contributed by atoms with Crippen molar-refractivity contribution in [3.8, 4) is 0 Å². The minimum Gasteiger partial charge on any atom is -0.326 e. The van der Waals surface area contributed by atoms with Crippen molar-refractivity contribution in [1.29, 1.82) is 0 Å². The molecular formula is C8H20ClN2+. The number of hydrogen-bond donors (Lipinski definition) is 1. The SMILES string of the molecule is CCl.C[N+]1(CCN)CCCC1. The molecule has 3 heteroatoms. The number of quaternary nitrogens is 1. The third-order valence-electron chi connectivity index (χ3n) is 2.31. The van der Waals surface area contributed by atoms with E-state index >= 15 is 0 Å². The van der Waals surface area contributed by atoms with E-state index in [2.05, 4.69) is 18.6 Å². The lowest BCUT2D eigenvalue weighted by molar-refractivity contribution is -0.896. The molecule has 1 heterocycles. The molecular weight excluding hydrogens is 160 g/mol. The number of rotatable bonds is 2. The average Bonchev–Trinajstić information content (AvgIpc) is 2.41. The molecule has 0 unspecified atom stereocenters. The second-order valence-electron chi connectivity index (χ2n) is 3.29. The van der Waals surface area contributed by atoms with Gasteiger partial charge in [-0.15, -0.1) is 11.6 Å². The third kappa shape index (κ3) is 3.94. The Kier molecular flexibility index (Phi) is 5.92. The maximum atomic E-state index is 5.48. The van der Waals surface area contributed by atoms with Crippen LogP contribution in [0.15, 0.2) is 0 Å². The fourth-order valence-electron chi connectivity index (χ4n) is 1.63. The van der Waals surface area contributed by atoms with Crippen molar-refractivity contribution in [2.75, 3.05) is 39.6 Å². The van der Waals surface area contributed by atoms with Gasteiger partial charge in [0.25, 0.3) is 0 Å². The molecule has 1 aliphatic heterocycles. The number of likely N-dealkylation sites (tertiary alicyclic amines) is 1. The fraction of sp³-hybridized carbons (Fsp3) is 1.00. The summed E-state index contributed by atoms with van der Waals surface area (Å²) < 4.78 is 1.22. The summed E-state index contributed by atoms with van der Waals surface area (Å²) in [5.41, 5.74) is 5.48. The molecule has 2 nitrogen and oxygen atoms in total. The van der Waals surface area contributed by atoms with Gasteiger partial charge in [0.15, 0.2) is 0 Å². The van der Waals surface area contributed by atoms with E-state index < -0.39 is 0 Å². The normalized spacial score (nSPS) is 20.7. The first-order valence-electron chi connectivity index (χ1n) is 4.18. The van der Waals surface area contributed by atoms with Crippen LogP contribution in [0.3, 0.4) is 0 Å². The predicted molar refractivity (Wildman–Crippen MR) is 50.9 cm³/mol. The molecule has 11 heavy (non-hydrogen) atoms. The third-order valence-corrected chi connectivity index (χ3v) is 2.31. The van der Waals surface area contributed by atoms with Gasteiger partial charge < -0.3 is 10.2 Å². The molecule has 0 aromatic carbocycles. The van der Waals surface area contributed by atoms with Crippen molar-refractivity contribution in [2.45, 2.75) is 12.8 Å². The van der Waals surface area contributed by atoms with Crippen LogP contribution >= 0.6 is 11.6 Å². The van der Waals surface area contributed by atoms with E-state index in [1.807, 2.05) is 0 Å². The van der Waals surface area contributed by atoms with Gasteiger partial charge in [-0.05, 0) is 0 Å². The minimum absolute atomic E-state index is 0.844. The first-order valence-corrected chi connectivity index (χ1v) is 4.94. The molecule has 1 rings (SSSR count). The molecule has 0 radical (unpaired) electrons.